The fourth-order valence-corrected chi connectivity index (χ4v) is 2.03. The molecule has 1 unspecified atom stereocenters. The molecule has 1 aliphatic rings. The van der Waals surface area contributed by atoms with E-state index in [2.05, 4.69) is 11.9 Å². The van der Waals surface area contributed by atoms with E-state index in [0.717, 1.165) is 12.8 Å². The normalized spacial score (nSPS) is 15.1. The molecule has 1 atom stereocenters. The number of urea groups is 1. The molecule has 2 rings (SSSR count). The molecule has 1 saturated carbocycles. The number of rotatable bonds is 7. The van der Waals surface area contributed by atoms with Crippen molar-refractivity contribution in [2.45, 2.75) is 18.9 Å². The van der Waals surface area contributed by atoms with Gasteiger partial charge in [0.1, 0.15) is 12.4 Å². The number of aliphatic hydroxyl groups is 1. The number of carbonyl (C=O) groups is 1. The van der Waals surface area contributed by atoms with Gasteiger partial charge in [0, 0.05) is 25.3 Å². The number of hydrogen-bond donors (Lipinski definition) is 2. The predicted octanol–water partition coefficient (Wildman–Crippen LogP) is 2.49. The molecule has 0 heterocycles. The fraction of sp³-hybridized carbons (Fsp3) is 0.438. The van der Waals surface area contributed by atoms with Crippen molar-refractivity contribution in [3.63, 3.8) is 0 Å². The molecule has 0 bridgehead atoms. The van der Waals surface area contributed by atoms with Gasteiger partial charge in [0.25, 0.3) is 0 Å². The summed E-state index contributed by atoms with van der Waals surface area (Å²) in [6, 6.07) is 6.94. The molecule has 0 aliphatic heterocycles. The maximum atomic E-state index is 12.1. The topological polar surface area (TPSA) is 61.8 Å². The average Bonchev–Trinajstić information content (AvgIpc) is 3.30. The van der Waals surface area contributed by atoms with Crippen molar-refractivity contribution in [2.75, 3.05) is 25.5 Å². The van der Waals surface area contributed by atoms with Crippen molar-refractivity contribution < 1.29 is 14.6 Å². The molecule has 0 radical (unpaired) electrons. The van der Waals surface area contributed by atoms with Gasteiger partial charge in [-0.2, -0.15) is 0 Å². The van der Waals surface area contributed by atoms with Gasteiger partial charge in [0.2, 0.25) is 0 Å². The molecule has 0 aromatic heterocycles. The number of nitrogens with one attached hydrogen (secondary N) is 1. The summed E-state index contributed by atoms with van der Waals surface area (Å²) in [5.74, 6) is 1.03. The minimum absolute atomic E-state index is 0.240. The molecule has 114 valence electrons. The van der Waals surface area contributed by atoms with Gasteiger partial charge in [0.15, 0.2) is 0 Å². The van der Waals surface area contributed by atoms with Crippen molar-refractivity contribution in [2.24, 2.45) is 5.92 Å². The van der Waals surface area contributed by atoms with Crippen molar-refractivity contribution in [3.8, 4) is 5.75 Å². The third kappa shape index (κ3) is 4.79. The van der Waals surface area contributed by atoms with Gasteiger partial charge in [-0.05, 0) is 30.9 Å². The van der Waals surface area contributed by atoms with Crippen LogP contribution in [0.4, 0.5) is 10.5 Å². The maximum Gasteiger partial charge on any atom is 0.321 e. The Hall–Kier alpha value is -2.01. The third-order valence-electron chi connectivity index (χ3n) is 3.43. The highest BCUT2D eigenvalue weighted by molar-refractivity contribution is 5.89. The van der Waals surface area contributed by atoms with Gasteiger partial charge in [-0.3, -0.25) is 0 Å². The Kier molecular flexibility index (Phi) is 5.22. The maximum absolute atomic E-state index is 12.1. The Morgan fingerprint density at radius 1 is 1.62 bits per heavy atom. The van der Waals surface area contributed by atoms with Crippen LogP contribution in [0.2, 0.25) is 0 Å². The van der Waals surface area contributed by atoms with Gasteiger partial charge in [-0.25, -0.2) is 4.79 Å². The molecule has 5 nitrogen and oxygen atoms in total. The molecule has 0 spiro atoms. The van der Waals surface area contributed by atoms with Gasteiger partial charge >= 0.3 is 6.03 Å². The monoisotopic (exact) mass is 290 g/mol. The molecule has 2 amide bonds. The number of anilines is 1. The second-order valence-corrected chi connectivity index (χ2v) is 5.34. The molecular weight excluding hydrogens is 268 g/mol. The second-order valence-electron chi connectivity index (χ2n) is 5.34. The van der Waals surface area contributed by atoms with Crippen molar-refractivity contribution in [1.29, 1.82) is 0 Å². The van der Waals surface area contributed by atoms with Crippen LogP contribution in [0.25, 0.3) is 0 Å². The van der Waals surface area contributed by atoms with Crippen molar-refractivity contribution >= 4 is 11.7 Å². The zero-order valence-electron chi connectivity index (χ0n) is 12.3. The first-order chi connectivity index (χ1) is 10.1. The van der Waals surface area contributed by atoms with Gasteiger partial charge in [-0.15, -0.1) is 0 Å². The quantitative estimate of drug-likeness (QED) is 0.758. The van der Waals surface area contributed by atoms with E-state index in [1.54, 1.807) is 25.3 Å². The molecule has 0 saturated heterocycles. The van der Waals surface area contributed by atoms with Crippen LogP contribution in [0.15, 0.2) is 36.9 Å². The van der Waals surface area contributed by atoms with E-state index >= 15 is 0 Å². The Morgan fingerprint density at radius 3 is 3.05 bits per heavy atom. The predicted molar refractivity (Wildman–Crippen MR) is 82.5 cm³/mol. The summed E-state index contributed by atoms with van der Waals surface area (Å²) >= 11 is 0. The number of likely N-dealkylation sites (N-methyl/N-ethyl adjacent to an activating group) is 1. The van der Waals surface area contributed by atoms with E-state index < -0.39 is 6.10 Å². The number of amides is 2. The number of carbonyl (C=O) groups excluding carboxylic acids is 1. The Labute approximate surface area is 125 Å². The smallest absolute Gasteiger partial charge is 0.321 e. The van der Waals surface area contributed by atoms with E-state index in [-0.39, 0.29) is 6.03 Å². The number of ether oxygens (including phenoxy) is 1. The first-order valence-corrected chi connectivity index (χ1v) is 7.14. The summed E-state index contributed by atoms with van der Waals surface area (Å²) in [5.41, 5.74) is 0.661. The average molecular weight is 290 g/mol. The molecule has 21 heavy (non-hydrogen) atoms. The number of benzene rings is 1. The highest BCUT2D eigenvalue weighted by atomic mass is 16.5. The molecule has 1 aromatic rings. The van der Waals surface area contributed by atoms with Gasteiger partial charge in [-0.1, -0.05) is 18.7 Å². The van der Waals surface area contributed by atoms with Crippen LogP contribution in [0.3, 0.4) is 0 Å². The molecule has 1 fully saturated rings. The summed E-state index contributed by atoms with van der Waals surface area (Å²) in [7, 11) is 1.68. The molecule has 2 N–H and O–H groups in total. The summed E-state index contributed by atoms with van der Waals surface area (Å²) in [6.45, 7) is 4.36. The standard InChI is InChI=1S/C16H22N2O3/c1-3-9-21-14-6-4-5-13(10-14)17-16(20)18(2)11-15(19)12-7-8-12/h3-6,10,12,15,19H,1,7-9,11H2,2H3,(H,17,20). The summed E-state index contributed by atoms with van der Waals surface area (Å²) in [5, 5.41) is 12.7. The van der Waals surface area contributed by atoms with Crippen molar-refractivity contribution in [1.82, 2.24) is 4.90 Å². The lowest BCUT2D eigenvalue weighted by molar-refractivity contribution is 0.117. The lowest BCUT2D eigenvalue weighted by Gasteiger charge is -2.21. The van der Waals surface area contributed by atoms with E-state index in [1.807, 2.05) is 12.1 Å². The van der Waals surface area contributed by atoms with Crippen LogP contribution in [0.1, 0.15) is 12.8 Å². The fourth-order valence-electron chi connectivity index (χ4n) is 2.03. The van der Waals surface area contributed by atoms with E-state index in [1.165, 1.54) is 4.90 Å². The zero-order chi connectivity index (χ0) is 15.2. The Bertz CT molecular complexity index is 500. The van der Waals surface area contributed by atoms with E-state index in [9.17, 15) is 9.90 Å². The first kappa shape index (κ1) is 15.4. The van der Waals surface area contributed by atoms with Gasteiger partial charge in [0.05, 0.1) is 6.10 Å². The third-order valence-corrected chi connectivity index (χ3v) is 3.43. The lowest BCUT2D eigenvalue weighted by Crippen LogP contribution is -2.37. The highest BCUT2D eigenvalue weighted by Gasteiger charge is 2.31. The minimum atomic E-state index is -0.428. The van der Waals surface area contributed by atoms with Gasteiger partial charge < -0.3 is 20.1 Å². The summed E-state index contributed by atoms with van der Waals surface area (Å²) in [6.07, 6.45) is 3.35. The first-order valence-electron chi connectivity index (χ1n) is 7.14. The Balaban J connectivity index is 1.87. The molecule has 5 heteroatoms. The Morgan fingerprint density at radius 2 is 2.38 bits per heavy atom. The highest BCUT2D eigenvalue weighted by Crippen LogP contribution is 2.32. The number of nitrogens with zero attached hydrogens (tertiary/aromatic N) is 1. The molecule has 1 aliphatic carbocycles. The van der Waals surface area contributed by atoms with E-state index in [0.29, 0.717) is 30.5 Å². The van der Waals surface area contributed by atoms with E-state index in [4.69, 9.17) is 4.74 Å². The molecule has 1 aromatic carbocycles. The van der Waals surface area contributed by atoms with Crippen LogP contribution in [-0.4, -0.2) is 42.3 Å². The SMILES string of the molecule is C=CCOc1cccc(NC(=O)N(C)CC(O)C2CC2)c1. The number of aliphatic hydroxyl groups excluding tert-OH is 1. The minimum Gasteiger partial charge on any atom is -0.489 e. The summed E-state index contributed by atoms with van der Waals surface area (Å²) in [4.78, 5) is 13.6. The van der Waals surface area contributed by atoms with Crippen LogP contribution in [0.5, 0.6) is 5.75 Å². The largest absolute Gasteiger partial charge is 0.489 e. The van der Waals surface area contributed by atoms with Crippen LogP contribution < -0.4 is 10.1 Å². The van der Waals surface area contributed by atoms with Crippen LogP contribution in [0, 0.1) is 5.92 Å². The van der Waals surface area contributed by atoms with Crippen LogP contribution >= 0.6 is 0 Å². The second kappa shape index (κ2) is 7.13. The lowest BCUT2D eigenvalue weighted by atomic mass is 10.2. The van der Waals surface area contributed by atoms with Crippen LogP contribution in [-0.2, 0) is 0 Å². The zero-order valence-corrected chi connectivity index (χ0v) is 12.3. The molecular formula is C16H22N2O3. The van der Waals surface area contributed by atoms with Crippen molar-refractivity contribution in [3.05, 3.63) is 36.9 Å². The summed E-state index contributed by atoms with van der Waals surface area (Å²) < 4.78 is 5.42. The number of hydrogen-bond acceptors (Lipinski definition) is 3.